The number of nitrogens with zero attached hydrogens (tertiary/aromatic N) is 5. The number of benzene rings is 1. The molecular weight excluding hydrogens is 396 g/mol. The second-order valence-electron chi connectivity index (χ2n) is 8.11. The summed E-state index contributed by atoms with van der Waals surface area (Å²) in [5, 5.41) is 10.3. The second kappa shape index (κ2) is 8.05. The number of furan rings is 1. The van der Waals surface area contributed by atoms with E-state index in [-0.39, 0.29) is 11.9 Å². The molecule has 1 aromatic carbocycles. The average Bonchev–Trinajstić information content (AvgIpc) is 3.38. The van der Waals surface area contributed by atoms with Crippen molar-refractivity contribution in [3.8, 4) is 11.6 Å². The molecular formula is C21H24N8O2. The topological polar surface area (TPSA) is 136 Å². The Bertz CT molecular complexity index is 1190. The third kappa shape index (κ3) is 4.63. The lowest BCUT2D eigenvalue weighted by Gasteiger charge is -2.17. The molecule has 3 aromatic heterocycles. The number of nitrogens with one attached hydrogen (secondary N) is 2. The van der Waals surface area contributed by atoms with Crippen molar-refractivity contribution in [2.75, 3.05) is 22.9 Å². The van der Waals surface area contributed by atoms with Gasteiger partial charge in [-0.1, -0.05) is 32.9 Å². The summed E-state index contributed by atoms with van der Waals surface area (Å²) in [6, 6.07) is 11.3. The van der Waals surface area contributed by atoms with Gasteiger partial charge in [0, 0.05) is 17.6 Å². The molecule has 0 spiro atoms. The van der Waals surface area contributed by atoms with Crippen LogP contribution in [-0.2, 0) is 11.2 Å². The maximum Gasteiger partial charge on any atom is 0.259 e. The molecule has 10 nitrogen and oxygen atoms in total. The van der Waals surface area contributed by atoms with Gasteiger partial charge in [-0.25, -0.2) is 0 Å². The largest absolute Gasteiger partial charge is 0.461 e. The number of nitrogens with two attached hydrogens (primary N) is 1. The van der Waals surface area contributed by atoms with Gasteiger partial charge in [-0.3, -0.25) is 4.79 Å². The Hall–Kier alpha value is -3.95. The summed E-state index contributed by atoms with van der Waals surface area (Å²) in [4.78, 5) is 25.0. The van der Waals surface area contributed by atoms with Crippen LogP contribution in [0.5, 0.6) is 0 Å². The average molecular weight is 420 g/mol. The molecule has 0 aliphatic heterocycles. The fourth-order valence-electron chi connectivity index (χ4n) is 2.79. The van der Waals surface area contributed by atoms with Gasteiger partial charge >= 0.3 is 0 Å². The molecule has 0 atom stereocenters. The summed E-state index contributed by atoms with van der Waals surface area (Å²) in [5.41, 5.74) is 7.45. The van der Waals surface area contributed by atoms with Crippen LogP contribution in [0.3, 0.4) is 0 Å². The molecule has 0 bridgehead atoms. The molecule has 1 amide bonds. The summed E-state index contributed by atoms with van der Waals surface area (Å²) in [6.07, 6.45) is 2.29. The van der Waals surface area contributed by atoms with Gasteiger partial charge in [-0.05, 0) is 36.2 Å². The lowest BCUT2D eigenvalue weighted by molar-refractivity contribution is -0.123. The second-order valence-corrected chi connectivity index (χ2v) is 8.11. The number of aromatic nitrogens is 5. The highest BCUT2D eigenvalue weighted by atomic mass is 16.3. The predicted octanol–water partition coefficient (Wildman–Crippen LogP) is 3.00. The molecule has 0 fully saturated rings. The number of nitrogen functional groups attached to an aromatic ring is 1. The molecule has 0 aliphatic carbocycles. The minimum Gasteiger partial charge on any atom is -0.461 e. The molecule has 160 valence electrons. The van der Waals surface area contributed by atoms with Crippen LogP contribution in [-0.4, -0.2) is 37.0 Å². The van der Waals surface area contributed by atoms with Crippen LogP contribution in [0.2, 0.25) is 0 Å². The first kappa shape index (κ1) is 20.3. The standard InChI is InChI=1S/C21H24N8O2/c1-21(2,3)17(30)24-14-8-6-13(7-9-14)10-11-23-19-26-18(22)29-20(27-19)25-16(28-29)15-5-4-12-31-15/h4-9,12H,10-11H2,1-3H3,(H,24,30)(H3,22,23,25,26,27,28). The predicted molar refractivity (Wildman–Crippen MR) is 117 cm³/mol. The first-order chi connectivity index (χ1) is 14.8. The Balaban J connectivity index is 1.37. The Labute approximate surface area is 178 Å². The number of hydrogen-bond acceptors (Lipinski definition) is 8. The van der Waals surface area contributed by atoms with E-state index in [1.807, 2.05) is 45.0 Å². The van der Waals surface area contributed by atoms with Gasteiger partial charge < -0.3 is 20.8 Å². The number of carbonyl (C=O) groups is 1. The van der Waals surface area contributed by atoms with Gasteiger partial charge in [0.25, 0.3) is 5.78 Å². The highest BCUT2D eigenvalue weighted by Crippen LogP contribution is 2.19. The van der Waals surface area contributed by atoms with Gasteiger partial charge in [-0.15, -0.1) is 5.10 Å². The fraction of sp³-hybridized carbons (Fsp3) is 0.286. The summed E-state index contributed by atoms with van der Waals surface area (Å²) < 4.78 is 6.68. The smallest absolute Gasteiger partial charge is 0.259 e. The first-order valence-corrected chi connectivity index (χ1v) is 9.88. The number of hydrogen-bond donors (Lipinski definition) is 3. The van der Waals surface area contributed by atoms with E-state index in [0.29, 0.717) is 29.9 Å². The molecule has 0 unspecified atom stereocenters. The van der Waals surface area contributed by atoms with Gasteiger partial charge in [0.1, 0.15) is 0 Å². The first-order valence-electron chi connectivity index (χ1n) is 9.88. The van der Waals surface area contributed by atoms with Crippen molar-refractivity contribution < 1.29 is 9.21 Å². The Morgan fingerprint density at radius 3 is 2.58 bits per heavy atom. The van der Waals surface area contributed by atoms with Crippen LogP contribution < -0.4 is 16.4 Å². The zero-order chi connectivity index (χ0) is 22.0. The lowest BCUT2D eigenvalue weighted by Crippen LogP contribution is -2.27. The zero-order valence-electron chi connectivity index (χ0n) is 17.6. The molecule has 4 N–H and O–H groups in total. The van der Waals surface area contributed by atoms with Crippen molar-refractivity contribution in [3.05, 3.63) is 48.2 Å². The van der Waals surface area contributed by atoms with Gasteiger partial charge in [0.05, 0.1) is 6.26 Å². The van der Waals surface area contributed by atoms with E-state index in [1.54, 1.807) is 18.4 Å². The van der Waals surface area contributed by atoms with E-state index in [1.165, 1.54) is 4.52 Å². The lowest BCUT2D eigenvalue weighted by atomic mass is 9.95. The van der Waals surface area contributed by atoms with Crippen LogP contribution in [0.25, 0.3) is 17.4 Å². The Morgan fingerprint density at radius 1 is 1.13 bits per heavy atom. The van der Waals surface area contributed by atoms with Gasteiger partial charge in [0.2, 0.25) is 23.6 Å². The molecule has 0 radical (unpaired) electrons. The fourth-order valence-corrected chi connectivity index (χ4v) is 2.79. The zero-order valence-corrected chi connectivity index (χ0v) is 17.6. The number of rotatable bonds is 6. The molecule has 31 heavy (non-hydrogen) atoms. The van der Waals surface area contributed by atoms with Gasteiger partial charge in [0.15, 0.2) is 5.76 Å². The van der Waals surface area contributed by atoms with E-state index in [4.69, 9.17) is 10.2 Å². The quantitative estimate of drug-likeness (QED) is 0.433. The summed E-state index contributed by atoms with van der Waals surface area (Å²) in [7, 11) is 0. The van der Waals surface area contributed by atoms with Crippen molar-refractivity contribution in [1.29, 1.82) is 0 Å². The summed E-state index contributed by atoms with van der Waals surface area (Å²) >= 11 is 0. The molecule has 4 aromatic rings. The molecule has 0 saturated heterocycles. The monoisotopic (exact) mass is 420 g/mol. The SMILES string of the molecule is CC(C)(C)C(=O)Nc1ccc(CCNc2nc(N)n3nc(-c4ccco4)nc3n2)cc1. The molecule has 0 aliphatic rings. The third-order valence-corrected chi connectivity index (χ3v) is 4.56. The maximum atomic E-state index is 12.1. The number of anilines is 3. The van der Waals surface area contributed by atoms with E-state index in [0.717, 1.165) is 17.7 Å². The minimum absolute atomic E-state index is 0.0178. The Morgan fingerprint density at radius 2 is 1.90 bits per heavy atom. The number of fused-ring (bicyclic) bond motifs is 1. The molecule has 4 rings (SSSR count). The van der Waals surface area contributed by atoms with Gasteiger partial charge in [-0.2, -0.15) is 19.5 Å². The van der Waals surface area contributed by atoms with E-state index >= 15 is 0 Å². The van der Waals surface area contributed by atoms with Crippen molar-refractivity contribution in [1.82, 2.24) is 24.6 Å². The van der Waals surface area contributed by atoms with E-state index in [9.17, 15) is 4.79 Å². The van der Waals surface area contributed by atoms with E-state index in [2.05, 4.69) is 30.7 Å². The number of amides is 1. The summed E-state index contributed by atoms with van der Waals surface area (Å²) in [5.74, 6) is 1.79. The van der Waals surface area contributed by atoms with Crippen LogP contribution in [0, 0.1) is 5.41 Å². The summed E-state index contributed by atoms with van der Waals surface area (Å²) in [6.45, 7) is 6.24. The minimum atomic E-state index is -0.436. The van der Waals surface area contributed by atoms with Crippen molar-refractivity contribution >= 4 is 29.3 Å². The normalized spacial score (nSPS) is 11.6. The van der Waals surface area contributed by atoms with Crippen LogP contribution in [0.15, 0.2) is 47.1 Å². The Kier molecular flexibility index (Phi) is 5.28. The van der Waals surface area contributed by atoms with Crippen LogP contribution >= 0.6 is 0 Å². The number of carbonyl (C=O) groups excluding carboxylic acids is 1. The van der Waals surface area contributed by atoms with E-state index < -0.39 is 5.41 Å². The third-order valence-electron chi connectivity index (χ3n) is 4.56. The van der Waals surface area contributed by atoms with Crippen LogP contribution in [0.1, 0.15) is 26.3 Å². The molecule has 3 heterocycles. The molecule has 0 saturated carbocycles. The highest BCUT2D eigenvalue weighted by molar-refractivity contribution is 5.94. The van der Waals surface area contributed by atoms with Crippen molar-refractivity contribution in [3.63, 3.8) is 0 Å². The highest BCUT2D eigenvalue weighted by Gasteiger charge is 2.21. The van der Waals surface area contributed by atoms with Crippen molar-refractivity contribution in [2.45, 2.75) is 27.2 Å². The molecule has 10 heteroatoms. The maximum absolute atomic E-state index is 12.1. The van der Waals surface area contributed by atoms with Crippen LogP contribution in [0.4, 0.5) is 17.6 Å². The van der Waals surface area contributed by atoms with Crippen molar-refractivity contribution in [2.24, 2.45) is 5.41 Å².